The Kier molecular flexibility index (Phi) is 7.83. The predicted molar refractivity (Wildman–Crippen MR) is 166 cm³/mol. The Morgan fingerprint density at radius 1 is 0.929 bits per heavy atom. The third kappa shape index (κ3) is 5.75. The molecule has 1 N–H and O–H groups in total. The van der Waals surface area contributed by atoms with Crippen molar-refractivity contribution >= 4 is 28.4 Å². The first-order valence-electron chi connectivity index (χ1n) is 14.2. The van der Waals surface area contributed by atoms with Crippen LogP contribution in [0.2, 0.25) is 0 Å². The molecule has 2 atom stereocenters. The fourth-order valence-corrected chi connectivity index (χ4v) is 5.75. The van der Waals surface area contributed by atoms with Crippen molar-refractivity contribution in [2.45, 2.75) is 59.3 Å². The molecule has 4 aromatic carbocycles. The summed E-state index contributed by atoms with van der Waals surface area (Å²) in [5, 5.41) is 12.1. The average Bonchev–Trinajstić information content (AvgIpc) is 2.94. The van der Waals surface area contributed by atoms with E-state index in [1.54, 1.807) is 4.90 Å². The number of para-hydroxylation sites is 1. The van der Waals surface area contributed by atoms with Crippen molar-refractivity contribution < 1.29 is 24.2 Å². The summed E-state index contributed by atoms with van der Waals surface area (Å²) in [5.41, 5.74) is 4.62. The zero-order valence-electron chi connectivity index (χ0n) is 25.0. The number of rotatable bonds is 6. The Labute approximate surface area is 247 Å². The third-order valence-corrected chi connectivity index (χ3v) is 7.73. The number of carbonyl (C=O) groups excluding carboxylic acids is 1. The second-order valence-corrected chi connectivity index (χ2v) is 11.8. The van der Waals surface area contributed by atoms with Crippen molar-refractivity contribution in [3.8, 4) is 5.75 Å². The van der Waals surface area contributed by atoms with Crippen LogP contribution in [0.1, 0.15) is 71.9 Å². The number of amides is 1. The van der Waals surface area contributed by atoms with Gasteiger partial charge in [-0.25, -0.2) is 9.59 Å². The van der Waals surface area contributed by atoms with Gasteiger partial charge in [-0.2, -0.15) is 0 Å². The molecule has 0 fully saturated rings. The summed E-state index contributed by atoms with van der Waals surface area (Å²) in [7, 11) is 0. The lowest BCUT2D eigenvalue weighted by Crippen LogP contribution is -2.44. The van der Waals surface area contributed by atoms with Crippen LogP contribution >= 0.6 is 0 Å². The second-order valence-electron chi connectivity index (χ2n) is 11.8. The summed E-state index contributed by atoms with van der Waals surface area (Å²) in [6.45, 7) is 11.5. The fourth-order valence-electron chi connectivity index (χ4n) is 5.75. The highest BCUT2D eigenvalue weighted by Gasteiger charge is 2.32. The van der Waals surface area contributed by atoms with Gasteiger partial charge in [0.25, 0.3) is 0 Å². The molecule has 0 unspecified atom stereocenters. The van der Waals surface area contributed by atoms with E-state index in [1.165, 1.54) is 0 Å². The Morgan fingerprint density at radius 2 is 1.62 bits per heavy atom. The van der Waals surface area contributed by atoms with E-state index in [9.17, 15) is 14.7 Å². The first-order chi connectivity index (χ1) is 19.9. The maximum absolute atomic E-state index is 13.8. The van der Waals surface area contributed by atoms with Crippen LogP contribution in [0.4, 0.5) is 4.79 Å². The van der Waals surface area contributed by atoms with Gasteiger partial charge in [0.15, 0.2) is 0 Å². The first kappa shape index (κ1) is 28.9. The highest BCUT2D eigenvalue weighted by molar-refractivity contribution is 5.95. The van der Waals surface area contributed by atoms with Crippen molar-refractivity contribution in [1.82, 2.24) is 4.90 Å². The van der Waals surface area contributed by atoms with E-state index in [2.05, 4.69) is 18.2 Å². The molecular weight excluding hydrogens is 526 g/mol. The number of hydrogen-bond acceptors (Lipinski definition) is 4. The molecule has 0 aliphatic carbocycles. The van der Waals surface area contributed by atoms with Crippen LogP contribution in [0.5, 0.6) is 5.75 Å². The van der Waals surface area contributed by atoms with Crippen molar-refractivity contribution in [3.63, 3.8) is 0 Å². The monoisotopic (exact) mass is 563 g/mol. The SMILES string of the molecule is Cc1ccc(C2=C[C@H](CN(C(=O)OC(C)(C)C)[C@H](C)c3cccc4ccccc34)Oc3ccccc32)c(C)c1C(=O)O. The van der Waals surface area contributed by atoms with Gasteiger partial charge in [0.05, 0.1) is 18.2 Å². The van der Waals surface area contributed by atoms with Gasteiger partial charge in [-0.1, -0.05) is 72.8 Å². The number of ether oxygens (including phenoxy) is 2. The summed E-state index contributed by atoms with van der Waals surface area (Å²) in [5.74, 6) is -0.275. The lowest BCUT2D eigenvalue weighted by molar-refractivity contribution is 0.0110. The Bertz CT molecular complexity index is 1690. The van der Waals surface area contributed by atoms with Gasteiger partial charge in [-0.3, -0.25) is 4.90 Å². The molecule has 0 saturated carbocycles. The van der Waals surface area contributed by atoms with Crippen LogP contribution in [0.15, 0.2) is 84.9 Å². The minimum Gasteiger partial charge on any atom is -0.484 e. The van der Waals surface area contributed by atoms with E-state index in [1.807, 2.05) is 108 Å². The normalized spacial score (nSPS) is 15.3. The van der Waals surface area contributed by atoms with Crippen LogP contribution in [0.25, 0.3) is 16.3 Å². The largest absolute Gasteiger partial charge is 0.484 e. The highest BCUT2D eigenvalue weighted by atomic mass is 16.6. The van der Waals surface area contributed by atoms with E-state index in [0.29, 0.717) is 22.4 Å². The number of carboxylic acid groups (broad SMARTS) is 1. The van der Waals surface area contributed by atoms with Gasteiger partial charge in [0, 0.05) is 5.56 Å². The number of nitrogens with zero attached hydrogens (tertiary/aromatic N) is 1. The Balaban J connectivity index is 1.59. The molecule has 5 rings (SSSR count). The lowest BCUT2D eigenvalue weighted by Gasteiger charge is -2.36. The summed E-state index contributed by atoms with van der Waals surface area (Å²) < 4.78 is 12.4. The van der Waals surface area contributed by atoms with Gasteiger partial charge in [0.2, 0.25) is 0 Å². The van der Waals surface area contributed by atoms with Crippen molar-refractivity contribution in [2.24, 2.45) is 0 Å². The van der Waals surface area contributed by atoms with Crippen LogP contribution in [-0.4, -0.2) is 40.3 Å². The number of aromatic carboxylic acids is 1. The first-order valence-corrected chi connectivity index (χ1v) is 14.2. The van der Waals surface area contributed by atoms with Gasteiger partial charge in [-0.05, 0) is 92.3 Å². The maximum atomic E-state index is 13.8. The summed E-state index contributed by atoms with van der Waals surface area (Å²) in [6.07, 6.45) is 1.06. The number of carboxylic acids is 1. The fraction of sp³-hybridized carbons (Fsp3) is 0.278. The van der Waals surface area contributed by atoms with Crippen LogP contribution in [-0.2, 0) is 4.74 Å². The molecule has 6 nitrogen and oxygen atoms in total. The highest BCUT2D eigenvalue weighted by Crippen LogP contribution is 2.39. The summed E-state index contributed by atoms with van der Waals surface area (Å²) >= 11 is 0. The standard InChI is InChI=1S/C36H37NO5/c1-22-18-19-27(23(2)33(22)34(38)39)31-20-26(41-32-17-10-9-15-30(31)32)21-37(35(40)42-36(4,5)6)24(3)28-16-11-13-25-12-7-8-14-29(25)28/h7-20,24,26H,21H2,1-6H3,(H,38,39)/t24-,26-/m1/s1. The number of benzene rings is 4. The average molecular weight is 564 g/mol. The van der Waals surface area contributed by atoms with Gasteiger partial charge < -0.3 is 14.6 Å². The zero-order valence-corrected chi connectivity index (χ0v) is 25.0. The summed E-state index contributed by atoms with van der Waals surface area (Å²) in [4.78, 5) is 27.6. The molecule has 0 aromatic heterocycles. The van der Waals surface area contributed by atoms with E-state index in [-0.39, 0.29) is 12.6 Å². The second kappa shape index (κ2) is 11.4. The molecular formula is C36H37NO5. The van der Waals surface area contributed by atoms with Crippen molar-refractivity contribution in [3.05, 3.63) is 118 Å². The molecule has 0 spiro atoms. The van der Waals surface area contributed by atoms with Crippen molar-refractivity contribution in [2.75, 3.05) is 6.54 Å². The quantitative estimate of drug-likeness (QED) is 0.255. The van der Waals surface area contributed by atoms with Gasteiger partial charge >= 0.3 is 12.1 Å². The molecule has 1 aliphatic rings. The van der Waals surface area contributed by atoms with Crippen LogP contribution < -0.4 is 4.74 Å². The number of hydrogen-bond donors (Lipinski definition) is 1. The number of fused-ring (bicyclic) bond motifs is 2. The van der Waals surface area contributed by atoms with Crippen LogP contribution in [0.3, 0.4) is 0 Å². The lowest BCUT2D eigenvalue weighted by atomic mass is 9.87. The molecule has 1 aliphatic heterocycles. The van der Waals surface area contributed by atoms with E-state index >= 15 is 0 Å². The van der Waals surface area contributed by atoms with E-state index in [4.69, 9.17) is 9.47 Å². The molecule has 1 heterocycles. The van der Waals surface area contributed by atoms with Crippen LogP contribution in [0, 0.1) is 13.8 Å². The van der Waals surface area contributed by atoms with E-state index in [0.717, 1.165) is 33.0 Å². The summed E-state index contributed by atoms with van der Waals surface area (Å²) in [6, 6.07) is 25.5. The molecule has 0 radical (unpaired) electrons. The zero-order chi connectivity index (χ0) is 30.2. The molecule has 4 aromatic rings. The molecule has 0 bridgehead atoms. The number of aryl methyl sites for hydroxylation is 1. The molecule has 0 saturated heterocycles. The number of carbonyl (C=O) groups is 2. The molecule has 6 heteroatoms. The van der Waals surface area contributed by atoms with Crippen molar-refractivity contribution in [1.29, 1.82) is 0 Å². The third-order valence-electron chi connectivity index (χ3n) is 7.73. The predicted octanol–water partition coefficient (Wildman–Crippen LogP) is 8.35. The van der Waals surface area contributed by atoms with Gasteiger partial charge in [-0.15, -0.1) is 0 Å². The minimum absolute atomic E-state index is 0.230. The maximum Gasteiger partial charge on any atom is 0.410 e. The molecule has 42 heavy (non-hydrogen) atoms. The van der Waals surface area contributed by atoms with E-state index < -0.39 is 23.8 Å². The molecule has 1 amide bonds. The van der Waals surface area contributed by atoms with Gasteiger partial charge in [0.1, 0.15) is 17.5 Å². The molecule has 216 valence electrons. The smallest absolute Gasteiger partial charge is 0.410 e. The Morgan fingerprint density at radius 3 is 2.36 bits per heavy atom. The minimum atomic E-state index is -0.954. The topological polar surface area (TPSA) is 76.1 Å². The Hall–Kier alpha value is -4.58.